The van der Waals surface area contributed by atoms with Crippen LogP contribution in [0.25, 0.3) is 0 Å². The van der Waals surface area contributed by atoms with Gasteiger partial charge in [0.1, 0.15) is 30.2 Å². The molecular formula is C31H42N4O6. The molecule has 0 bridgehead atoms. The Morgan fingerprint density at radius 1 is 1.05 bits per heavy atom. The van der Waals surface area contributed by atoms with Gasteiger partial charge in [0, 0.05) is 31.7 Å². The molecule has 1 aromatic carbocycles. The Bertz CT molecular complexity index is 1190. The molecule has 0 aromatic heterocycles. The second-order valence-corrected chi connectivity index (χ2v) is 11.3. The summed E-state index contributed by atoms with van der Waals surface area (Å²) in [6.45, 7) is 9.30. The number of nitrogens with one attached hydrogen (secondary N) is 1. The fourth-order valence-electron chi connectivity index (χ4n) is 6.10. The lowest BCUT2D eigenvalue weighted by molar-refractivity contribution is -0.190. The van der Waals surface area contributed by atoms with E-state index in [1.54, 1.807) is 24.3 Å². The minimum Gasteiger partial charge on any atom is -0.469 e. The number of ether oxygens (including phenoxy) is 3. The largest absolute Gasteiger partial charge is 0.469 e. The van der Waals surface area contributed by atoms with Crippen LogP contribution in [0.15, 0.2) is 48.1 Å². The van der Waals surface area contributed by atoms with Crippen LogP contribution in [-0.2, 0) is 14.3 Å². The van der Waals surface area contributed by atoms with Gasteiger partial charge in [-0.3, -0.25) is 9.59 Å². The molecular weight excluding hydrogens is 524 g/mol. The highest BCUT2D eigenvalue weighted by atomic mass is 16.7. The quantitative estimate of drug-likeness (QED) is 0.457. The van der Waals surface area contributed by atoms with Crippen LogP contribution in [0.5, 0.6) is 5.75 Å². The maximum Gasteiger partial charge on any atom is 0.327 e. The number of carbonyl (C=O) groups excluding carboxylic acids is 3. The summed E-state index contributed by atoms with van der Waals surface area (Å²) in [6, 6.07) is 6.24. The normalized spacial score (nSPS) is 26.2. The Kier molecular flexibility index (Phi) is 8.82. The molecule has 10 nitrogen and oxygen atoms in total. The number of imide groups is 1. The summed E-state index contributed by atoms with van der Waals surface area (Å²) in [5, 5.41) is 3.08. The van der Waals surface area contributed by atoms with Crippen molar-refractivity contribution in [1.29, 1.82) is 0 Å². The highest BCUT2D eigenvalue weighted by Crippen LogP contribution is 2.46. The minimum absolute atomic E-state index is 0.00476. The van der Waals surface area contributed by atoms with E-state index in [-0.39, 0.29) is 36.9 Å². The first-order chi connectivity index (χ1) is 19.8. The second kappa shape index (κ2) is 12.3. The van der Waals surface area contributed by atoms with E-state index in [4.69, 9.17) is 14.2 Å². The van der Waals surface area contributed by atoms with Gasteiger partial charge in [0.05, 0.1) is 6.04 Å². The molecule has 0 radical (unpaired) electrons. The summed E-state index contributed by atoms with van der Waals surface area (Å²) < 4.78 is 17.5. The van der Waals surface area contributed by atoms with Crippen LogP contribution in [0.4, 0.5) is 4.79 Å². The number of nitrogens with zero attached hydrogens (tertiary/aromatic N) is 3. The number of hydrogen-bond donors (Lipinski definition) is 1. The molecule has 3 aliphatic heterocycles. The van der Waals surface area contributed by atoms with Gasteiger partial charge in [0.15, 0.2) is 6.23 Å². The van der Waals surface area contributed by atoms with Crippen molar-refractivity contribution in [2.45, 2.75) is 70.9 Å². The first-order valence-electron chi connectivity index (χ1n) is 14.8. The number of likely N-dealkylation sites (tertiary alicyclic amines) is 1. The van der Waals surface area contributed by atoms with Gasteiger partial charge < -0.3 is 29.3 Å². The summed E-state index contributed by atoms with van der Waals surface area (Å²) in [7, 11) is 2.05. The van der Waals surface area contributed by atoms with Crippen LogP contribution in [0.1, 0.15) is 56.8 Å². The fraction of sp³-hybridized carbons (Fsp3) is 0.581. The number of amides is 4. The first-order valence-corrected chi connectivity index (χ1v) is 14.8. The standard InChI is InChI=1S/C31H42N4O6/c1-5-8-24(22-11-14-25-26(19-22)40-20-39-25)32-30(38)35-28(37)31(6-2,7-3)29(35)41-23-12-9-21(10-13-23)27(36)34-17-15-33(4)16-18-34/h9-14,19,24-26,29H,5-8,15-18,20H2,1-4H3,(H,32,38)/t24-,25?,26?,29+/m1/s1. The minimum atomic E-state index is -0.793. The third-order valence-electron chi connectivity index (χ3n) is 8.93. The first kappa shape index (κ1) is 29.3. The number of rotatable bonds is 9. The maximum atomic E-state index is 13.6. The van der Waals surface area contributed by atoms with Crippen LogP contribution < -0.4 is 10.1 Å². The third kappa shape index (κ3) is 5.65. The summed E-state index contributed by atoms with van der Waals surface area (Å²) in [6.07, 6.45) is 7.54. The molecule has 4 aliphatic rings. The molecule has 1 aromatic rings. The molecule has 4 amide bonds. The molecule has 3 saturated heterocycles. The predicted molar refractivity (Wildman–Crippen MR) is 153 cm³/mol. The second-order valence-electron chi connectivity index (χ2n) is 11.3. The van der Waals surface area contributed by atoms with Gasteiger partial charge >= 0.3 is 6.03 Å². The molecule has 3 heterocycles. The molecule has 4 atom stereocenters. The predicted octanol–water partition coefficient (Wildman–Crippen LogP) is 3.54. The molecule has 41 heavy (non-hydrogen) atoms. The van der Waals surface area contributed by atoms with Crippen molar-refractivity contribution >= 4 is 17.8 Å². The Balaban J connectivity index is 1.29. The van der Waals surface area contributed by atoms with Crippen molar-refractivity contribution in [3.63, 3.8) is 0 Å². The number of benzene rings is 1. The third-order valence-corrected chi connectivity index (χ3v) is 8.93. The zero-order valence-corrected chi connectivity index (χ0v) is 24.5. The lowest BCUT2D eigenvalue weighted by Crippen LogP contribution is -2.74. The number of hydrogen-bond acceptors (Lipinski definition) is 7. The van der Waals surface area contributed by atoms with Crippen molar-refractivity contribution in [1.82, 2.24) is 20.0 Å². The van der Waals surface area contributed by atoms with Crippen LogP contribution >= 0.6 is 0 Å². The van der Waals surface area contributed by atoms with Crippen LogP contribution in [-0.4, -0.2) is 97.0 Å². The van der Waals surface area contributed by atoms with E-state index in [1.165, 1.54) is 4.90 Å². The van der Waals surface area contributed by atoms with E-state index in [9.17, 15) is 14.4 Å². The molecule has 0 saturated carbocycles. The lowest BCUT2D eigenvalue weighted by atomic mass is 9.72. The van der Waals surface area contributed by atoms with Crippen LogP contribution in [0.2, 0.25) is 0 Å². The van der Waals surface area contributed by atoms with Gasteiger partial charge in [-0.1, -0.05) is 39.3 Å². The number of piperazine rings is 1. The van der Waals surface area contributed by atoms with Gasteiger partial charge in [0.25, 0.3) is 5.91 Å². The van der Waals surface area contributed by atoms with Gasteiger partial charge in [-0.2, -0.15) is 0 Å². The average molecular weight is 567 g/mol. The Labute approximate surface area is 242 Å². The number of urea groups is 1. The maximum absolute atomic E-state index is 13.6. The number of carbonyl (C=O) groups is 3. The number of fused-ring (bicyclic) bond motifs is 1. The van der Waals surface area contributed by atoms with Crippen molar-refractivity contribution in [3.05, 3.63) is 53.6 Å². The van der Waals surface area contributed by atoms with E-state index in [2.05, 4.69) is 24.2 Å². The molecule has 0 spiro atoms. The monoisotopic (exact) mass is 566 g/mol. The zero-order valence-electron chi connectivity index (χ0n) is 24.5. The summed E-state index contributed by atoms with van der Waals surface area (Å²) in [4.78, 5) is 45.3. The molecule has 10 heteroatoms. The van der Waals surface area contributed by atoms with Crippen molar-refractivity contribution in [2.75, 3.05) is 40.0 Å². The van der Waals surface area contributed by atoms with E-state index in [0.717, 1.165) is 25.1 Å². The van der Waals surface area contributed by atoms with E-state index in [0.29, 0.717) is 43.7 Å². The van der Waals surface area contributed by atoms with E-state index in [1.807, 2.05) is 37.0 Å². The number of β-lactam (4-membered cyclic amide) rings is 1. The Hall–Kier alpha value is -3.21. The fourth-order valence-corrected chi connectivity index (χ4v) is 6.10. The van der Waals surface area contributed by atoms with Gasteiger partial charge in [-0.25, -0.2) is 9.69 Å². The Morgan fingerprint density at radius 3 is 2.39 bits per heavy atom. The molecule has 1 N–H and O–H groups in total. The number of likely N-dealkylation sites (N-methyl/N-ethyl adjacent to an activating group) is 1. The molecule has 1 aliphatic carbocycles. The van der Waals surface area contributed by atoms with Gasteiger partial charge in [0.2, 0.25) is 5.91 Å². The van der Waals surface area contributed by atoms with Crippen LogP contribution in [0, 0.1) is 5.41 Å². The summed E-state index contributed by atoms with van der Waals surface area (Å²) in [5.41, 5.74) is 0.738. The highest BCUT2D eigenvalue weighted by Gasteiger charge is 2.63. The highest BCUT2D eigenvalue weighted by molar-refractivity contribution is 6.03. The molecule has 3 fully saturated rings. The van der Waals surface area contributed by atoms with Crippen molar-refractivity contribution in [3.8, 4) is 5.75 Å². The molecule has 5 rings (SSSR count). The van der Waals surface area contributed by atoms with Crippen molar-refractivity contribution < 1.29 is 28.6 Å². The average Bonchev–Trinajstić information content (AvgIpc) is 3.46. The topological polar surface area (TPSA) is 101 Å². The van der Waals surface area contributed by atoms with Gasteiger partial charge in [-0.05, 0) is 62.2 Å². The lowest BCUT2D eigenvalue weighted by Gasteiger charge is -2.53. The summed E-state index contributed by atoms with van der Waals surface area (Å²) in [5.74, 6) is 0.270. The zero-order chi connectivity index (χ0) is 29.1. The van der Waals surface area contributed by atoms with Crippen molar-refractivity contribution in [2.24, 2.45) is 5.41 Å². The SMILES string of the molecule is CCC[C@@H](NC(=O)N1C(=O)C(CC)(CC)[C@@H]1Oc1ccc(C(=O)N2CCN(C)CC2)cc1)C1=CC2OCOC2C=C1. The Morgan fingerprint density at radius 2 is 1.73 bits per heavy atom. The molecule has 2 unspecified atom stereocenters. The van der Waals surface area contributed by atoms with E-state index >= 15 is 0 Å². The molecule has 222 valence electrons. The smallest absolute Gasteiger partial charge is 0.327 e. The van der Waals surface area contributed by atoms with E-state index < -0.39 is 17.7 Å². The summed E-state index contributed by atoms with van der Waals surface area (Å²) >= 11 is 0. The van der Waals surface area contributed by atoms with Crippen LogP contribution in [0.3, 0.4) is 0 Å². The van der Waals surface area contributed by atoms with Gasteiger partial charge in [-0.15, -0.1) is 0 Å².